The Kier molecular flexibility index (Phi) is 1.58. The van der Waals surface area contributed by atoms with Crippen molar-refractivity contribution in [3.05, 3.63) is 22.6 Å². The summed E-state index contributed by atoms with van der Waals surface area (Å²) in [6, 6.07) is 1.83. The molecule has 0 aliphatic heterocycles. The molecule has 13 heavy (non-hydrogen) atoms. The smallest absolute Gasteiger partial charge is 0.273 e. The van der Waals surface area contributed by atoms with Crippen molar-refractivity contribution in [2.24, 2.45) is 7.05 Å². The van der Waals surface area contributed by atoms with E-state index in [9.17, 15) is 4.79 Å². The van der Waals surface area contributed by atoms with Gasteiger partial charge in [-0.1, -0.05) is 0 Å². The number of hydrogen-bond donors (Lipinski definition) is 2. The molecule has 0 unspecified atom stereocenters. The first-order valence-corrected chi connectivity index (χ1v) is 3.95. The molecule has 0 aliphatic carbocycles. The molecule has 5 nitrogen and oxygen atoms in total. The Balaban J connectivity index is 2.84. The third-order valence-electron chi connectivity index (χ3n) is 2.01. The van der Waals surface area contributed by atoms with Crippen LogP contribution in [-0.4, -0.2) is 21.8 Å². The molecule has 0 radical (unpaired) electrons. The maximum Gasteiger partial charge on any atom is 0.273 e. The molecule has 2 rings (SSSR count). The van der Waals surface area contributed by atoms with Gasteiger partial charge in [0, 0.05) is 26.4 Å². The summed E-state index contributed by atoms with van der Waals surface area (Å²) in [6.07, 6.45) is 1.57. The third kappa shape index (κ3) is 1.09. The minimum Gasteiger partial charge on any atom is -0.373 e. The van der Waals surface area contributed by atoms with E-state index in [1.165, 1.54) is 0 Å². The number of pyridine rings is 1. The number of nitrogens with one attached hydrogen (secondary N) is 2. The van der Waals surface area contributed by atoms with Crippen molar-refractivity contribution >= 4 is 16.7 Å². The SMILES string of the molecule is CNc1cc2c(cn1)c(=O)[nH]n2C. The highest BCUT2D eigenvalue weighted by Gasteiger charge is 2.04. The van der Waals surface area contributed by atoms with E-state index in [4.69, 9.17) is 0 Å². The Morgan fingerprint density at radius 2 is 2.38 bits per heavy atom. The van der Waals surface area contributed by atoms with Crippen molar-refractivity contribution in [1.82, 2.24) is 14.8 Å². The summed E-state index contributed by atoms with van der Waals surface area (Å²) in [5.41, 5.74) is 0.747. The Morgan fingerprint density at radius 1 is 1.62 bits per heavy atom. The highest BCUT2D eigenvalue weighted by atomic mass is 16.1. The van der Waals surface area contributed by atoms with Crippen LogP contribution in [-0.2, 0) is 7.05 Å². The largest absolute Gasteiger partial charge is 0.373 e. The number of fused-ring (bicyclic) bond motifs is 1. The zero-order chi connectivity index (χ0) is 9.42. The number of hydrogen-bond acceptors (Lipinski definition) is 3. The summed E-state index contributed by atoms with van der Waals surface area (Å²) in [6.45, 7) is 0. The molecule has 0 saturated heterocycles. The molecule has 0 atom stereocenters. The van der Waals surface area contributed by atoms with Crippen LogP contribution in [0.1, 0.15) is 0 Å². The lowest BCUT2D eigenvalue weighted by atomic mass is 10.3. The molecule has 0 amide bonds. The van der Waals surface area contributed by atoms with E-state index in [0.29, 0.717) is 5.39 Å². The van der Waals surface area contributed by atoms with Gasteiger partial charge in [0.05, 0.1) is 10.9 Å². The van der Waals surface area contributed by atoms with Crippen molar-refractivity contribution in [2.75, 3.05) is 12.4 Å². The van der Waals surface area contributed by atoms with Crippen LogP contribution in [0.15, 0.2) is 17.1 Å². The normalized spacial score (nSPS) is 10.6. The summed E-state index contributed by atoms with van der Waals surface area (Å²) >= 11 is 0. The molecule has 0 aromatic carbocycles. The fourth-order valence-electron chi connectivity index (χ4n) is 1.31. The van der Waals surface area contributed by atoms with Gasteiger partial charge in [0.15, 0.2) is 0 Å². The highest BCUT2D eigenvalue weighted by molar-refractivity contribution is 5.79. The molecule has 2 N–H and O–H groups in total. The predicted octanol–water partition coefficient (Wildman–Crippen LogP) is 0.303. The average molecular weight is 178 g/mol. The predicted molar refractivity (Wildman–Crippen MR) is 50.9 cm³/mol. The topological polar surface area (TPSA) is 62.7 Å². The van der Waals surface area contributed by atoms with Gasteiger partial charge < -0.3 is 5.32 Å². The second-order valence-electron chi connectivity index (χ2n) is 2.84. The Hall–Kier alpha value is -1.78. The number of aryl methyl sites for hydroxylation is 1. The summed E-state index contributed by atoms with van der Waals surface area (Å²) < 4.78 is 1.68. The zero-order valence-electron chi connectivity index (χ0n) is 7.46. The first kappa shape index (κ1) is 7.85. The second-order valence-corrected chi connectivity index (χ2v) is 2.84. The monoisotopic (exact) mass is 178 g/mol. The van der Waals surface area contributed by atoms with Gasteiger partial charge in [-0.05, 0) is 0 Å². The number of aromatic amines is 1. The standard InChI is InChI=1S/C8H10N4O/c1-9-7-3-6-5(4-10-7)8(13)11-12(6)2/h3-4H,1-2H3,(H,9,10)(H,11,13). The maximum atomic E-state index is 11.3. The second kappa shape index (κ2) is 2.62. The van der Waals surface area contributed by atoms with E-state index in [0.717, 1.165) is 11.3 Å². The van der Waals surface area contributed by atoms with Crippen LogP contribution in [0.3, 0.4) is 0 Å². The van der Waals surface area contributed by atoms with Crippen LogP contribution in [0, 0.1) is 0 Å². The van der Waals surface area contributed by atoms with Crippen molar-refractivity contribution in [1.29, 1.82) is 0 Å². The lowest BCUT2D eigenvalue weighted by Crippen LogP contribution is -2.01. The van der Waals surface area contributed by atoms with Gasteiger partial charge in [0.2, 0.25) is 0 Å². The van der Waals surface area contributed by atoms with Crippen molar-refractivity contribution < 1.29 is 0 Å². The number of H-pyrrole nitrogens is 1. The van der Waals surface area contributed by atoms with E-state index in [1.807, 2.05) is 6.07 Å². The quantitative estimate of drug-likeness (QED) is 0.660. The van der Waals surface area contributed by atoms with E-state index in [-0.39, 0.29) is 5.56 Å². The molecule has 5 heteroatoms. The van der Waals surface area contributed by atoms with Gasteiger partial charge in [-0.2, -0.15) is 0 Å². The Morgan fingerprint density at radius 3 is 3.08 bits per heavy atom. The Bertz CT molecular complexity index is 496. The van der Waals surface area contributed by atoms with Gasteiger partial charge in [0.25, 0.3) is 5.56 Å². The van der Waals surface area contributed by atoms with Crippen LogP contribution in [0.2, 0.25) is 0 Å². The van der Waals surface area contributed by atoms with Crippen LogP contribution >= 0.6 is 0 Å². The number of anilines is 1. The number of rotatable bonds is 1. The molecule has 0 bridgehead atoms. The van der Waals surface area contributed by atoms with E-state index >= 15 is 0 Å². The van der Waals surface area contributed by atoms with E-state index < -0.39 is 0 Å². The number of aromatic nitrogens is 3. The minimum atomic E-state index is -0.104. The van der Waals surface area contributed by atoms with Crippen LogP contribution < -0.4 is 10.9 Å². The van der Waals surface area contributed by atoms with E-state index in [1.54, 1.807) is 25.0 Å². The molecule has 0 fully saturated rings. The number of nitrogens with zero attached hydrogens (tertiary/aromatic N) is 2. The molecular weight excluding hydrogens is 168 g/mol. The molecule has 2 aromatic heterocycles. The first-order chi connectivity index (χ1) is 6.22. The van der Waals surface area contributed by atoms with Gasteiger partial charge >= 0.3 is 0 Å². The van der Waals surface area contributed by atoms with Crippen molar-refractivity contribution in [3.8, 4) is 0 Å². The lowest BCUT2D eigenvalue weighted by molar-refractivity contribution is 0.783. The molecule has 2 aromatic rings. The van der Waals surface area contributed by atoms with Gasteiger partial charge in [0.1, 0.15) is 5.82 Å². The summed E-state index contributed by atoms with van der Waals surface area (Å²) in [7, 11) is 3.59. The van der Waals surface area contributed by atoms with Gasteiger partial charge in [-0.3, -0.25) is 14.6 Å². The summed E-state index contributed by atoms with van der Waals surface area (Å²) in [4.78, 5) is 15.3. The molecular formula is C8H10N4O. The third-order valence-corrected chi connectivity index (χ3v) is 2.01. The zero-order valence-corrected chi connectivity index (χ0v) is 7.46. The molecule has 0 aliphatic rings. The molecule has 0 spiro atoms. The van der Waals surface area contributed by atoms with Crippen molar-refractivity contribution in [2.45, 2.75) is 0 Å². The molecule has 2 heterocycles. The fourth-order valence-corrected chi connectivity index (χ4v) is 1.31. The fraction of sp³-hybridized carbons (Fsp3) is 0.250. The lowest BCUT2D eigenvalue weighted by Gasteiger charge is -1.98. The maximum absolute atomic E-state index is 11.3. The van der Waals surface area contributed by atoms with Crippen LogP contribution in [0.4, 0.5) is 5.82 Å². The molecule has 68 valence electrons. The Labute approximate surface area is 74.4 Å². The summed E-state index contributed by atoms with van der Waals surface area (Å²) in [5, 5.41) is 6.19. The van der Waals surface area contributed by atoms with Gasteiger partial charge in [-0.15, -0.1) is 0 Å². The summed E-state index contributed by atoms with van der Waals surface area (Å²) in [5.74, 6) is 0.752. The minimum absolute atomic E-state index is 0.104. The van der Waals surface area contributed by atoms with Crippen LogP contribution in [0.25, 0.3) is 10.9 Å². The van der Waals surface area contributed by atoms with E-state index in [2.05, 4.69) is 15.4 Å². The first-order valence-electron chi connectivity index (χ1n) is 3.95. The highest BCUT2D eigenvalue weighted by Crippen LogP contribution is 2.11. The van der Waals surface area contributed by atoms with Gasteiger partial charge in [-0.25, -0.2) is 4.98 Å². The molecule has 0 saturated carbocycles. The van der Waals surface area contributed by atoms with Crippen LogP contribution in [0.5, 0.6) is 0 Å². The average Bonchev–Trinajstić information content (AvgIpc) is 2.42. The van der Waals surface area contributed by atoms with Crippen molar-refractivity contribution in [3.63, 3.8) is 0 Å².